The minimum Gasteiger partial charge on any atom is -0.309 e. The van der Waals surface area contributed by atoms with Crippen LogP contribution in [0.3, 0.4) is 0 Å². The van der Waals surface area contributed by atoms with Gasteiger partial charge in [0.15, 0.2) is 11.6 Å². The molecule has 302 valence electrons. The van der Waals surface area contributed by atoms with Gasteiger partial charge < -0.3 is 4.57 Å². The van der Waals surface area contributed by atoms with Crippen molar-refractivity contribution >= 4 is 74.9 Å². The Bertz CT molecular complexity index is 3980. The van der Waals surface area contributed by atoms with Gasteiger partial charge in [0.2, 0.25) is 0 Å². The average Bonchev–Trinajstić information content (AvgIpc) is 4.04. The first-order valence-electron chi connectivity index (χ1n) is 22.1. The van der Waals surface area contributed by atoms with Crippen molar-refractivity contribution < 1.29 is 0 Å². The van der Waals surface area contributed by atoms with Crippen LogP contribution in [0.15, 0.2) is 212 Å². The fourth-order valence-corrected chi connectivity index (χ4v) is 11.8. The molecule has 0 bridgehead atoms. The van der Waals surface area contributed by atoms with Gasteiger partial charge >= 0.3 is 0 Å². The molecule has 5 heteroatoms. The lowest BCUT2D eigenvalue weighted by Crippen LogP contribution is -2.09. The van der Waals surface area contributed by atoms with Crippen LogP contribution in [0.1, 0.15) is 22.9 Å². The molecule has 0 fully saturated rings. The van der Waals surface area contributed by atoms with Crippen LogP contribution in [0.2, 0.25) is 0 Å². The average molecular weight is 845 g/mol. The Morgan fingerprint density at radius 1 is 0.385 bits per heavy atom. The molecule has 13 aromatic rings. The van der Waals surface area contributed by atoms with E-state index in [-0.39, 0.29) is 5.92 Å². The van der Waals surface area contributed by atoms with Gasteiger partial charge in [-0.15, -0.1) is 11.3 Å². The van der Waals surface area contributed by atoms with E-state index in [2.05, 4.69) is 211 Å². The van der Waals surface area contributed by atoms with Crippen LogP contribution in [-0.2, 0) is 0 Å². The van der Waals surface area contributed by atoms with Crippen molar-refractivity contribution in [3.63, 3.8) is 0 Å². The quantitative estimate of drug-likeness (QED) is 0.173. The number of aromatic nitrogens is 4. The van der Waals surface area contributed by atoms with E-state index in [1.54, 1.807) is 11.3 Å². The predicted octanol–water partition coefficient (Wildman–Crippen LogP) is 15.8. The van der Waals surface area contributed by atoms with E-state index in [9.17, 15) is 0 Å². The van der Waals surface area contributed by atoms with Gasteiger partial charge in [-0.2, -0.15) is 0 Å². The Balaban J connectivity index is 1.06. The number of hydrogen-bond acceptors (Lipinski definition) is 4. The zero-order valence-electron chi connectivity index (χ0n) is 35.0. The molecular formula is C60H36N4S. The van der Waals surface area contributed by atoms with Gasteiger partial charge in [0, 0.05) is 47.8 Å². The normalized spacial score (nSPS) is 13.4. The maximum Gasteiger partial charge on any atom is 0.165 e. The van der Waals surface area contributed by atoms with Crippen molar-refractivity contribution in [1.29, 1.82) is 0 Å². The summed E-state index contributed by atoms with van der Waals surface area (Å²) in [5.41, 5.74) is 12.6. The first-order chi connectivity index (χ1) is 32.2. The Morgan fingerprint density at radius 2 is 0.985 bits per heavy atom. The highest BCUT2D eigenvalue weighted by molar-refractivity contribution is 7.26. The van der Waals surface area contributed by atoms with Gasteiger partial charge in [0.1, 0.15) is 5.82 Å². The third-order valence-corrected chi connectivity index (χ3v) is 14.7. The zero-order chi connectivity index (χ0) is 42.6. The Hall–Kier alpha value is -8.25. The van der Waals surface area contributed by atoms with Crippen molar-refractivity contribution in [1.82, 2.24) is 19.5 Å². The zero-order valence-corrected chi connectivity index (χ0v) is 35.8. The van der Waals surface area contributed by atoms with Gasteiger partial charge in [0.25, 0.3) is 0 Å². The van der Waals surface area contributed by atoms with Gasteiger partial charge in [-0.25, -0.2) is 15.0 Å². The van der Waals surface area contributed by atoms with Gasteiger partial charge in [-0.3, -0.25) is 0 Å². The summed E-state index contributed by atoms with van der Waals surface area (Å²) in [6.07, 6.45) is 0. The second-order valence-corrected chi connectivity index (χ2v) is 18.1. The van der Waals surface area contributed by atoms with Crippen molar-refractivity contribution in [2.45, 2.75) is 5.92 Å². The number of hydrogen-bond donors (Lipinski definition) is 0. The molecule has 0 aliphatic heterocycles. The summed E-state index contributed by atoms with van der Waals surface area (Å²) in [6, 6.07) is 76.8. The fraction of sp³-hybridized carbons (Fsp3) is 0.0167. The lowest BCUT2D eigenvalue weighted by Gasteiger charge is -2.16. The Labute approximate surface area is 378 Å². The molecule has 0 saturated heterocycles. The summed E-state index contributed by atoms with van der Waals surface area (Å²) in [6.45, 7) is 0. The van der Waals surface area contributed by atoms with Gasteiger partial charge in [0.05, 0.1) is 17.0 Å². The van der Waals surface area contributed by atoms with Crippen LogP contribution in [0, 0.1) is 0 Å². The highest BCUT2D eigenvalue weighted by Gasteiger charge is 2.33. The lowest BCUT2D eigenvalue weighted by atomic mass is 9.94. The predicted molar refractivity (Wildman–Crippen MR) is 271 cm³/mol. The molecule has 1 atom stereocenters. The molecule has 0 amide bonds. The standard InChI is InChI=1S/C60H36N4S/c1-3-15-36(16-4-1)40-27-30-47-48(33-40)44-23-11-12-25-46(44)54(47)60-62-58(39-19-5-2-6-20-39)61-59(63-60)50-35-41(34-49-45-24-13-14-26-53(45)65-57(49)50)64-51-31-28-37-17-7-9-21-42(37)55(51)56-43-22-10-8-18-38(43)29-32-52(56)64/h1-35,54H. The first kappa shape index (κ1) is 36.3. The van der Waals surface area contributed by atoms with Crippen LogP contribution in [-0.4, -0.2) is 19.5 Å². The molecule has 3 aromatic heterocycles. The molecule has 0 saturated carbocycles. The minimum atomic E-state index is -0.185. The van der Waals surface area contributed by atoms with E-state index < -0.39 is 0 Å². The van der Waals surface area contributed by atoms with Crippen molar-refractivity contribution in [2.75, 3.05) is 0 Å². The summed E-state index contributed by atoms with van der Waals surface area (Å²) in [4.78, 5) is 16.4. The number of nitrogens with zero attached hydrogens (tertiary/aromatic N) is 4. The molecule has 0 spiro atoms. The van der Waals surface area contributed by atoms with E-state index in [0.717, 1.165) is 38.4 Å². The number of fused-ring (bicyclic) bond motifs is 13. The highest BCUT2D eigenvalue weighted by Crippen LogP contribution is 2.50. The second kappa shape index (κ2) is 14.1. The molecule has 1 unspecified atom stereocenters. The number of rotatable bonds is 5. The smallest absolute Gasteiger partial charge is 0.165 e. The van der Waals surface area contributed by atoms with E-state index >= 15 is 0 Å². The molecule has 1 aliphatic rings. The topological polar surface area (TPSA) is 43.6 Å². The molecule has 3 heterocycles. The van der Waals surface area contributed by atoms with Crippen molar-refractivity contribution in [2.24, 2.45) is 0 Å². The molecule has 65 heavy (non-hydrogen) atoms. The Morgan fingerprint density at radius 3 is 1.72 bits per heavy atom. The summed E-state index contributed by atoms with van der Waals surface area (Å²) >= 11 is 1.81. The van der Waals surface area contributed by atoms with Crippen LogP contribution >= 0.6 is 11.3 Å². The molecule has 0 N–H and O–H groups in total. The molecule has 14 rings (SSSR count). The van der Waals surface area contributed by atoms with Gasteiger partial charge in [-0.05, 0) is 91.3 Å². The minimum absolute atomic E-state index is 0.185. The van der Waals surface area contributed by atoms with Crippen LogP contribution in [0.25, 0.3) is 114 Å². The van der Waals surface area contributed by atoms with Crippen LogP contribution in [0.4, 0.5) is 0 Å². The Kier molecular flexibility index (Phi) is 7.88. The summed E-state index contributed by atoms with van der Waals surface area (Å²) < 4.78 is 4.85. The highest BCUT2D eigenvalue weighted by atomic mass is 32.1. The van der Waals surface area contributed by atoms with Crippen molar-refractivity contribution in [3.8, 4) is 50.7 Å². The van der Waals surface area contributed by atoms with E-state index in [0.29, 0.717) is 11.6 Å². The van der Waals surface area contributed by atoms with E-state index in [1.807, 2.05) is 6.07 Å². The largest absolute Gasteiger partial charge is 0.309 e. The number of benzene rings is 10. The van der Waals surface area contributed by atoms with Crippen molar-refractivity contribution in [3.05, 3.63) is 229 Å². The van der Waals surface area contributed by atoms with Gasteiger partial charge in [-0.1, -0.05) is 176 Å². The monoisotopic (exact) mass is 844 g/mol. The fourth-order valence-electron chi connectivity index (χ4n) is 10.6. The third kappa shape index (κ3) is 5.52. The molecule has 4 nitrogen and oxygen atoms in total. The maximum atomic E-state index is 5.61. The molecule has 0 radical (unpaired) electrons. The number of thiophene rings is 1. The summed E-state index contributed by atoms with van der Waals surface area (Å²) in [5, 5.41) is 9.86. The summed E-state index contributed by atoms with van der Waals surface area (Å²) in [5.74, 6) is 1.87. The molecule has 10 aromatic carbocycles. The third-order valence-electron chi connectivity index (χ3n) is 13.5. The summed E-state index contributed by atoms with van der Waals surface area (Å²) in [7, 11) is 0. The maximum absolute atomic E-state index is 5.61. The second-order valence-electron chi connectivity index (χ2n) is 17.1. The lowest BCUT2D eigenvalue weighted by molar-refractivity contribution is 0.856. The van der Waals surface area contributed by atoms with Crippen LogP contribution in [0.5, 0.6) is 0 Å². The first-order valence-corrected chi connectivity index (χ1v) is 22.9. The van der Waals surface area contributed by atoms with E-state index in [4.69, 9.17) is 15.0 Å². The molecule has 1 aliphatic carbocycles. The van der Waals surface area contributed by atoms with E-state index in [1.165, 1.54) is 81.2 Å². The van der Waals surface area contributed by atoms with Crippen LogP contribution < -0.4 is 0 Å². The molecular weight excluding hydrogens is 809 g/mol. The SMILES string of the molecule is c1ccc(-c2ccc3c(c2)-c2ccccc2C3c2nc(-c3ccccc3)nc(-c3cc(-n4c5ccc6ccccc6c5c5c6ccccc6ccc54)cc4c3sc3ccccc34)n2)cc1.